The maximum Gasteiger partial charge on any atom is 0.267 e. The standard InChI is InChI=1S/C13H19N3O3/c1-10(17)11-2-3-12(15-11)13(18)14-4-5-16-6-8-19-9-7-16/h2-3,15H,4-9H2,1H3,(H,14,18). The summed E-state index contributed by atoms with van der Waals surface area (Å²) >= 11 is 0. The molecule has 104 valence electrons. The number of aromatic amines is 1. The number of nitrogens with one attached hydrogen (secondary N) is 2. The van der Waals surface area contributed by atoms with Gasteiger partial charge in [0.05, 0.1) is 18.9 Å². The maximum atomic E-state index is 11.8. The van der Waals surface area contributed by atoms with E-state index in [9.17, 15) is 9.59 Å². The van der Waals surface area contributed by atoms with Crippen molar-refractivity contribution in [2.45, 2.75) is 6.92 Å². The van der Waals surface area contributed by atoms with E-state index in [1.54, 1.807) is 12.1 Å². The molecule has 6 nitrogen and oxygen atoms in total. The largest absolute Gasteiger partial charge is 0.379 e. The molecular weight excluding hydrogens is 246 g/mol. The summed E-state index contributed by atoms with van der Waals surface area (Å²) in [6.07, 6.45) is 0. The van der Waals surface area contributed by atoms with Gasteiger partial charge in [-0.3, -0.25) is 14.5 Å². The van der Waals surface area contributed by atoms with Gasteiger partial charge in [0, 0.05) is 33.1 Å². The zero-order valence-electron chi connectivity index (χ0n) is 11.1. The van der Waals surface area contributed by atoms with Gasteiger partial charge in [0.15, 0.2) is 5.78 Å². The molecule has 0 aromatic carbocycles. The lowest BCUT2D eigenvalue weighted by Gasteiger charge is -2.26. The third-order valence-corrected chi connectivity index (χ3v) is 3.13. The molecule has 1 amide bonds. The topological polar surface area (TPSA) is 74.4 Å². The van der Waals surface area contributed by atoms with Crippen molar-refractivity contribution in [3.63, 3.8) is 0 Å². The molecule has 0 spiro atoms. The molecule has 0 bridgehead atoms. The van der Waals surface area contributed by atoms with Crippen LogP contribution in [0.1, 0.15) is 27.9 Å². The quantitative estimate of drug-likeness (QED) is 0.750. The Bertz CT molecular complexity index is 450. The van der Waals surface area contributed by atoms with E-state index < -0.39 is 0 Å². The number of rotatable bonds is 5. The van der Waals surface area contributed by atoms with Crippen LogP contribution in [0.3, 0.4) is 0 Å². The first-order chi connectivity index (χ1) is 9.16. The Labute approximate surface area is 112 Å². The van der Waals surface area contributed by atoms with Crippen molar-refractivity contribution < 1.29 is 14.3 Å². The lowest BCUT2D eigenvalue weighted by atomic mass is 10.3. The van der Waals surface area contributed by atoms with Gasteiger partial charge in [0.1, 0.15) is 5.69 Å². The van der Waals surface area contributed by atoms with Crippen molar-refractivity contribution in [3.8, 4) is 0 Å². The number of hydrogen-bond donors (Lipinski definition) is 2. The molecule has 2 N–H and O–H groups in total. The highest BCUT2D eigenvalue weighted by molar-refractivity contribution is 5.97. The lowest BCUT2D eigenvalue weighted by molar-refractivity contribution is 0.0383. The van der Waals surface area contributed by atoms with Crippen LogP contribution in [0, 0.1) is 0 Å². The fourth-order valence-corrected chi connectivity index (χ4v) is 1.98. The molecule has 0 atom stereocenters. The maximum absolute atomic E-state index is 11.8. The van der Waals surface area contributed by atoms with Crippen molar-refractivity contribution in [1.82, 2.24) is 15.2 Å². The van der Waals surface area contributed by atoms with Gasteiger partial charge in [-0.25, -0.2) is 0 Å². The van der Waals surface area contributed by atoms with Gasteiger partial charge in [-0.1, -0.05) is 0 Å². The predicted octanol–water partition coefficient (Wildman–Crippen LogP) is 0.279. The number of hydrogen-bond acceptors (Lipinski definition) is 4. The van der Waals surface area contributed by atoms with Crippen LogP contribution >= 0.6 is 0 Å². The third kappa shape index (κ3) is 3.90. The first-order valence-electron chi connectivity index (χ1n) is 6.45. The summed E-state index contributed by atoms with van der Waals surface area (Å²) in [4.78, 5) is 28.0. The SMILES string of the molecule is CC(=O)c1ccc(C(=O)NCCN2CCOCC2)[nH]1. The molecule has 6 heteroatoms. The minimum atomic E-state index is -0.180. The second-order valence-corrected chi connectivity index (χ2v) is 4.55. The monoisotopic (exact) mass is 265 g/mol. The molecule has 0 aliphatic carbocycles. The molecule has 1 aromatic heterocycles. The van der Waals surface area contributed by atoms with Crippen molar-refractivity contribution >= 4 is 11.7 Å². The predicted molar refractivity (Wildman–Crippen MR) is 70.4 cm³/mol. The number of carbonyl (C=O) groups excluding carboxylic acids is 2. The van der Waals surface area contributed by atoms with Gasteiger partial charge in [-0.15, -0.1) is 0 Å². The third-order valence-electron chi connectivity index (χ3n) is 3.13. The fraction of sp³-hybridized carbons (Fsp3) is 0.538. The zero-order valence-corrected chi connectivity index (χ0v) is 11.1. The minimum Gasteiger partial charge on any atom is -0.379 e. The number of morpholine rings is 1. The molecule has 1 fully saturated rings. The number of carbonyl (C=O) groups is 2. The summed E-state index contributed by atoms with van der Waals surface area (Å²) < 4.78 is 5.26. The first kappa shape index (κ1) is 13.8. The lowest BCUT2D eigenvalue weighted by Crippen LogP contribution is -2.41. The molecule has 2 rings (SSSR count). The molecular formula is C13H19N3O3. The highest BCUT2D eigenvalue weighted by Crippen LogP contribution is 2.02. The number of ether oxygens (including phenoxy) is 1. The fourth-order valence-electron chi connectivity index (χ4n) is 1.98. The molecule has 0 saturated carbocycles. The zero-order chi connectivity index (χ0) is 13.7. The first-order valence-corrected chi connectivity index (χ1v) is 6.45. The van der Waals surface area contributed by atoms with E-state index in [1.807, 2.05) is 0 Å². The van der Waals surface area contributed by atoms with E-state index in [1.165, 1.54) is 6.92 Å². The Morgan fingerprint density at radius 1 is 1.32 bits per heavy atom. The molecule has 1 aromatic rings. The van der Waals surface area contributed by atoms with Crippen molar-refractivity contribution in [2.24, 2.45) is 0 Å². The molecule has 2 heterocycles. The molecule has 0 radical (unpaired) electrons. The van der Waals surface area contributed by atoms with Crippen LogP contribution in [0.5, 0.6) is 0 Å². The molecule has 1 saturated heterocycles. The van der Waals surface area contributed by atoms with E-state index >= 15 is 0 Å². The Balaban J connectivity index is 1.75. The van der Waals surface area contributed by atoms with Gasteiger partial charge in [0.2, 0.25) is 0 Å². The van der Waals surface area contributed by atoms with Gasteiger partial charge in [-0.05, 0) is 12.1 Å². The van der Waals surface area contributed by atoms with Crippen LogP contribution in [0.4, 0.5) is 0 Å². The second-order valence-electron chi connectivity index (χ2n) is 4.55. The van der Waals surface area contributed by atoms with Crippen LogP contribution in [-0.4, -0.2) is 61.0 Å². The van der Waals surface area contributed by atoms with E-state index in [2.05, 4.69) is 15.2 Å². The Morgan fingerprint density at radius 2 is 2.00 bits per heavy atom. The van der Waals surface area contributed by atoms with Crippen LogP contribution in [0.15, 0.2) is 12.1 Å². The van der Waals surface area contributed by atoms with Crippen molar-refractivity contribution in [1.29, 1.82) is 0 Å². The van der Waals surface area contributed by atoms with Crippen molar-refractivity contribution in [2.75, 3.05) is 39.4 Å². The normalized spacial score (nSPS) is 16.3. The van der Waals surface area contributed by atoms with Crippen LogP contribution in [0.2, 0.25) is 0 Å². The summed E-state index contributed by atoms with van der Waals surface area (Å²) in [5.41, 5.74) is 0.880. The molecule has 1 aliphatic rings. The Hall–Kier alpha value is -1.66. The van der Waals surface area contributed by atoms with E-state index in [0.29, 0.717) is 17.9 Å². The van der Waals surface area contributed by atoms with Gasteiger partial charge in [-0.2, -0.15) is 0 Å². The van der Waals surface area contributed by atoms with Gasteiger partial charge >= 0.3 is 0 Å². The number of nitrogens with zero attached hydrogens (tertiary/aromatic N) is 1. The molecule has 1 aliphatic heterocycles. The van der Waals surface area contributed by atoms with Crippen LogP contribution in [-0.2, 0) is 4.74 Å². The second kappa shape index (κ2) is 6.49. The van der Waals surface area contributed by atoms with E-state index in [4.69, 9.17) is 4.74 Å². The summed E-state index contributed by atoms with van der Waals surface area (Å²) in [7, 11) is 0. The van der Waals surface area contributed by atoms with Crippen LogP contribution in [0.25, 0.3) is 0 Å². The minimum absolute atomic E-state index is 0.0765. The number of H-pyrrole nitrogens is 1. The molecule has 0 unspecified atom stereocenters. The van der Waals surface area contributed by atoms with Gasteiger partial charge in [0.25, 0.3) is 5.91 Å². The number of amides is 1. The van der Waals surface area contributed by atoms with E-state index in [-0.39, 0.29) is 11.7 Å². The highest BCUT2D eigenvalue weighted by atomic mass is 16.5. The smallest absolute Gasteiger partial charge is 0.267 e. The van der Waals surface area contributed by atoms with Crippen LogP contribution < -0.4 is 5.32 Å². The average molecular weight is 265 g/mol. The number of aromatic nitrogens is 1. The Kier molecular flexibility index (Phi) is 4.70. The summed E-state index contributed by atoms with van der Waals surface area (Å²) in [5.74, 6) is -0.256. The average Bonchev–Trinajstić information content (AvgIpc) is 2.89. The summed E-state index contributed by atoms with van der Waals surface area (Å²) in [5, 5.41) is 2.83. The molecule has 19 heavy (non-hydrogen) atoms. The number of Topliss-reactive ketones (excluding diaryl/α,β-unsaturated/α-hetero) is 1. The Morgan fingerprint density at radius 3 is 2.63 bits per heavy atom. The van der Waals surface area contributed by atoms with Gasteiger partial charge < -0.3 is 15.0 Å². The van der Waals surface area contributed by atoms with E-state index in [0.717, 1.165) is 32.8 Å². The highest BCUT2D eigenvalue weighted by Gasteiger charge is 2.12. The summed E-state index contributed by atoms with van der Waals surface area (Å²) in [6.45, 7) is 6.20. The number of ketones is 1. The summed E-state index contributed by atoms with van der Waals surface area (Å²) in [6, 6.07) is 3.25. The van der Waals surface area contributed by atoms with Crippen molar-refractivity contribution in [3.05, 3.63) is 23.5 Å².